The van der Waals surface area contributed by atoms with Crippen molar-refractivity contribution in [3.8, 4) is 5.75 Å². The summed E-state index contributed by atoms with van der Waals surface area (Å²) in [5.41, 5.74) is 11.9. The molecule has 0 aliphatic carbocycles. The molecule has 5 heterocycles. The summed E-state index contributed by atoms with van der Waals surface area (Å²) in [5, 5.41) is 10.4. The van der Waals surface area contributed by atoms with Crippen LogP contribution in [0.15, 0.2) is 16.8 Å². The molecule has 10 heteroatoms. The number of aryl methyl sites for hydroxylation is 1. The molecule has 3 aromatic rings. The summed E-state index contributed by atoms with van der Waals surface area (Å²) < 4.78 is 12.9. The van der Waals surface area contributed by atoms with E-state index in [2.05, 4.69) is 26.3 Å². The Labute approximate surface area is 197 Å². The van der Waals surface area contributed by atoms with Gasteiger partial charge in [-0.3, -0.25) is 4.98 Å². The summed E-state index contributed by atoms with van der Waals surface area (Å²) >= 11 is 1.70. The van der Waals surface area contributed by atoms with Crippen LogP contribution in [0.1, 0.15) is 35.4 Å². The Balaban J connectivity index is 1.46. The minimum atomic E-state index is 0.259. The summed E-state index contributed by atoms with van der Waals surface area (Å²) in [5.74, 6) is 1.97. The maximum absolute atomic E-state index is 6.08. The highest BCUT2D eigenvalue weighted by Gasteiger charge is 2.22. The number of methoxy groups -OCH3 is 1. The zero-order chi connectivity index (χ0) is 22.9. The Morgan fingerprint density at radius 1 is 1.33 bits per heavy atom. The van der Waals surface area contributed by atoms with E-state index in [0.29, 0.717) is 12.6 Å². The highest BCUT2D eigenvalue weighted by atomic mass is 32.2. The van der Waals surface area contributed by atoms with Gasteiger partial charge < -0.3 is 20.5 Å². The van der Waals surface area contributed by atoms with Crippen LogP contribution in [0.4, 0.5) is 5.95 Å². The Bertz CT molecular complexity index is 1220. The number of nitrogens with one attached hydrogen (secondary N) is 1. The lowest BCUT2D eigenvalue weighted by Crippen LogP contribution is -2.30. The van der Waals surface area contributed by atoms with Crippen molar-refractivity contribution >= 4 is 34.8 Å². The molecule has 1 fully saturated rings. The fourth-order valence-electron chi connectivity index (χ4n) is 4.44. The third kappa shape index (κ3) is 4.42. The Morgan fingerprint density at radius 2 is 2.21 bits per heavy atom. The van der Waals surface area contributed by atoms with Crippen molar-refractivity contribution in [2.24, 2.45) is 0 Å². The Morgan fingerprint density at radius 3 is 3.00 bits per heavy atom. The van der Waals surface area contributed by atoms with Gasteiger partial charge in [0.05, 0.1) is 37.0 Å². The molecule has 2 aliphatic heterocycles. The first-order valence-electron chi connectivity index (χ1n) is 11.2. The molecule has 3 N–H and O–H groups in total. The van der Waals surface area contributed by atoms with E-state index in [-0.39, 0.29) is 5.95 Å². The topological polar surface area (TPSA) is 113 Å². The van der Waals surface area contributed by atoms with Crippen molar-refractivity contribution < 1.29 is 9.47 Å². The standard InChI is InChI=1S/C23H29N7O2S/c1-13-9-26-18(14(2)20(13)31-3)10-30-21-19-17(29-30)8-15(4-6-25-16-5-7-32-11-16)12-33-22(19)28-23(24)27-21/h8-9,16,25H,4-7,10-12H2,1-3H3,(H2,24,27,28)/t16-/m1/s1. The van der Waals surface area contributed by atoms with E-state index in [1.165, 1.54) is 5.57 Å². The molecule has 9 nitrogen and oxygen atoms in total. The minimum Gasteiger partial charge on any atom is -0.496 e. The van der Waals surface area contributed by atoms with Crippen molar-refractivity contribution in [2.75, 3.05) is 38.4 Å². The number of thioether (sulfide) groups is 1. The van der Waals surface area contributed by atoms with Crippen LogP contribution >= 0.6 is 11.8 Å². The monoisotopic (exact) mass is 467 g/mol. The van der Waals surface area contributed by atoms with Crippen molar-refractivity contribution in [3.05, 3.63) is 34.3 Å². The van der Waals surface area contributed by atoms with Gasteiger partial charge in [0.25, 0.3) is 0 Å². The van der Waals surface area contributed by atoms with Crippen LogP contribution in [0.2, 0.25) is 0 Å². The van der Waals surface area contributed by atoms with Gasteiger partial charge in [0.15, 0.2) is 5.65 Å². The molecule has 0 bridgehead atoms. The number of nitrogens with zero attached hydrogens (tertiary/aromatic N) is 5. The van der Waals surface area contributed by atoms with Crippen LogP contribution in [-0.4, -0.2) is 63.4 Å². The molecule has 0 amide bonds. The maximum Gasteiger partial charge on any atom is 0.223 e. The minimum absolute atomic E-state index is 0.259. The maximum atomic E-state index is 6.08. The number of aromatic nitrogens is 5. The molecule has 0 spiro atoms. The summed E-state index contributed by atoms with van der Waals surface area (Å²) in [7, 11) is 1.69. The van der Waals surface area contributed by atoms with Crippen molar-refractivity contribution in [2.45, 2.75) is 44.3 Å². The molecule has 1 saturated heterocycles. The first-order chi connectivity index (χ1) is 16.0. The number of nitrogens with two attached hydrogens (primary N) is 1. The number of rotatable bonds is 7. The van der Waals surface area contributed by atoms with E-state index >= 15 is 0 Å². The number of anilines is 1. The van der Waals surface area contributed by atoms with Gasteiger partial charge in [-0.05, 0) is 39.3 Å². The van der Waals surface area contributed by atoms with Crippen molar-refractivity contribution in [1.82, 2.24) is 30.0 Å². The van der Waals surface area contributed by atoms with E-state index in [1.807, 2.05) is 24.7 Å². The molecule has 0 radical (unpaired) electrons. The van der Waals surface area contributed by atoms with Gasteiger partial charge >= 0.3 is 0 Å². The van der Waals surface area contributed by atoms with E-state index in [1.54, 1.807) is 18.9 Å². The second-order valence-corrected chi connectivity index (χ2v) is 9.49. The summed E-state index contributed by atoms with van der Waals surface area (Å²) in [6.45, 7) is 7.06. The molecule has 5 rings (SSSR count). The van der Waals surface area contributed by atoms with Crippen LogP contribution in [0.5, 0.6) is 5.75 Å². The summed E-state index contributed by atoms with van der Waals surface area (Å²) in [6, 6.07) is 0.458. The molecule has 0 aromatic carbocycles. The Kier molecular flexibility index (Phi) is 6.22. The fraction of sp³-hybridized carbons (Fsp3) is 0.478. The Hall–Kier alpha value is -2.69. The number of hydrogen-bond acceptors (Lipinski definition) is 9. The zero-order valence-electron chi connectivity index (χ0n) is 19.2. The van der Waals surface area contributed by atoms with Crippen LogP contribution in [0.3, 0.4) is 0 Å². The van der Waals surface area contributed by atoms with Crippen LogP contribution < -0.4 is 15.8 Å². The molecular formula is C23H29N7O2S. The normalized spacial score (nSPS) is 17.9. The second-order valence-electron chi connectivity index (χ2n) is 8.53. The van der Waals surface area contributed by atoms with E-state index in [4.69, 9.17) is 20.3 Å². The quantitative estimate of drug-likeness (QED) is 0.506. The SMILES string of the molecule is COc1c(C)cnc(Cn2nc3c4c(nc(N)nc42)SCC(CCN[C@@H]2CCOC2)=C3)c1C. The van der Waals surface area contributed by atoms with Crippen LogP contribution in [-0.2, 0) is 11.3 Å². The van der Waals surface area contributed by atoms with Gasteiger partial charge in [0.1, 0.15) is 10.8 Å². The molecule has 2 aliphatic rings. The second kappa shape index (κ2) is 9.28. The van der Waals surface area contributed by atoms with Gasteiger partial charge in [0, 0.05) is 35.7 Å². The van der Waals surface area contributed by atoms with Gasteiger partial charge in [-0.2, -0.15) is 10.1 Å². The molecule has 0 unspecified atom stereocenters. The van der Waals surface area contributed by atoms with Crippen LogP contribution in [0.25, 0.3) is 17.1 Å². The van der Waals surface area contributed by atoms with E-state index in [9.17, 15) is 0 Å². The van der Waals surface area contributed by atoms with Crippen molar-refractivity contribution in [1.29, 1.82) is 0 Å². The van der Waals surface area contributed by atoms with Gasteiger partial charge in [-0.1, -0.05) is 5.57 Å². The lowest BCUT2D eigenvalue weighted by molar-refractivity contribution is 0.190. The average molecular weight is 468 g/mol. The zero-order valence-corrected chi connectivity index (χ0v) is 20.0. The first-order valence-corrected chi connectivity index (χ1v) is 12.2. The smallest absolute Gasteiger partial charge is 0.223 e. The lowest BCUT2D eigenvalue weighted by Gasteiger charge is -2.13. The highest BCUT2D eigenvalue weighted by Crippen LogP contribution is 2.35. The molecule has 174 valence electrons. The van der Waals surface area contributed by atoms with E-state index in [0.717, 1.165) is 82.7 Å². The van der Waals surface area contributed by atoms with Gasteiger partial charge in [-0.25, -0.2) is 9.67 Å². The number of ether oxygens (including phenoxy) is 2. The van der Waals surface area contributed by atoms with Crippen LogP contribution in [0, 0.1) is 13.8 Å². The summed E-state index contributed by atoms with van der Waals surface area (Å²) in [6.07, 6.45) is 6.05. The lowest BCUT2D eigenvalue weighted by atomic mass is 10.1. The number of nitrogen functional groups attached to an aromatic ring is 1. The first kappa shape index (κ1) is 22.1. The highest BCUT2D eigenvalue weighted by molar-refractivity contribution is 7.99. The third-order valence-corrected chi connectivity index (χ3v) is 7.28. The number of pyridine rings is 1. The number of hydrogen-bond donors (Lipinski definition) is 2. The molecular weight excluding hydrogens is 438 g/mol. The molecule has 3 aromatic heterocycles. The predicted octanol–water partition coefficient (Wildman–Crippen LogP) is 2.73. The largest absolute Gasteiger partial charge is 0.496 e. The molecule has 0 saturated carbocycles. The summed E-state index contributed by atoms with van der Waals surface area (Å²) in [4.78, 5) is 13.7. The van der Waals surface area contributed by atoms with E-state index < -0.39 is 0 Å². The van der Waals surface area contributed by atoms with Crippen molar-refractivity contribution in [3.63, 3.8) is 0 Å². The predicted molar refractivity (Wildman–Crippen MR) is 130 cm³/mol. The third-order valence-electron chi connectivity index (χ3n) is 6.20. The van der Waals surface area contributed by atoms with Gasteiger partial charge in [-0.15, -0.1) is 11.8 Å². The molecule has 33 heavy (non-hydrogen) atoms. The molecule has 1 atom stereocenters. The van der Waals surface area contributed by atoms with Gasteiger partial charge in [0.2, 0.25) is 5.95 Å². The average Bonchev–Trinajstić information content (AvgIpc) is 3.38. The fourth-order valence-corrected chi connectivity index (χ4v) is 5.49.